The molecular formula is C21H18FN3O4S. The maximum atomic E-state index is 12.9. The zero-order valence-electron chi connectivity index (χ0n) is 15.7. The van der Waals surface area contributed by atoms with Crippen molar-refractivity contribution in [3.05, 3.63) is 90.9 Å². The number of carbonyl (C=O) groups excluding carboxylic acids is 1. The zero-order chi connectivity index (χ0) is 21.6. The highest BCUT2D eigenvalue weighted by Crippen LogP contribution is 2.21. The Kier molecular flexibility index (Phi) is 6.55. The topological polar surface area (TPSA) is 97.4 Å². The molecule has 0 saturated heterocycles. The Morgan fingerprint density at radius 1 is 1.07 bits per heavy atom. The predicted octanol–water partition coefficient (Wildman–Crippen LogP) is 3.73. The summed E-state index contributed by atoms with van der Waals surface area (Å²) in [6.45, 7) is 3.57. The van der Waals surface area contributed by atoms with E-state index in [4.69, 9.17) is 4.74 Å². The molecule has 0 fully saturated rings. The van der Waals surface area contributed by atoms with Gasteiger partial charge in [0.1, 0.15) is 11.6 Å². The van der Waals surface area contributed by atoms with Crippen LogP contribution < -0.4 is 14.8 Å². The third-order valence-electron chi connectivity index (χ3n) is 3.87. The maximum absolute atomic E-state index is 12.9. The van der Waals surface area contributed by atoms with E-state index in [0.29, 0.717) is 11.4 Å². The Balaban J connectivity index is 1.62. The Morgan fingerprint density at radius 2 is 1.77 bits per heavy atom. The third-order valence-corrected chi connectivity index (χ3v) is 5.31. The van der Waals surface area contributed by atoms with Gasteiger partial charge in [-0.3, -0.25) is 4.79 Å². The van der Waals surface area contributed by atoms with Crippen LogP contribution in [0.25, 0.3) is 0 Å². The van der Waals surface area contributed by atoms with Gasteiger partial charge in [0.05, 0.1) is 16.8 Å². The third kappa shape index (κ3) is 5.49. The van der Waals surface area contributed by atoms with Crippen molar-refractivity contribution in [3.63, 3.8) is 0 Å². The van der Waals surface area contributed by atoms with Crippen LogP contribution in [0, 0.1) is 5.82 Å². The second kappa shape index (κ2) is 9.29. The van der Waals surface area contributed by atoms with Gasteiger partial charge >= 0.3 is 0 Å². The van der Waals surface area contributed by atoms with E-state index in [-0.39, 0.29) is 28.7 Å². The summed E-state index contributed by atoms with van der Waals surface area (Å²) in [5, 5.41) is 2.66. The van der Waals surface area contributed by atoms with Crippen molar-refractivity contribution in [1.82, 2.24) is 9.71 Å². The number of aromatic nitrogens is 1. The fraction of sp³-hybridized carbons (Fsp3) is 0.0476. The van der Waals surface area contributed by atoms with Crippen LogP contribution in [-0.2, 0) is 10.0 Å². The number of carbonyl (C=O) groups is 1. The van der Waals surface area contributed by atoms with Crippen LogP contribution in [0.2, 0.25) is 0 Å². The summed E-state index contributed by atoms with van der Waals surface area (Å²) in [6.07, 6.45) is 2.85. The summed E-state index contributed by atoms with van der Waals surface area (Å²) in [7, 11) is -3.65. The molecular weight excluding hydrogens is 409 g/mol. The average Bonchev–Trinajstić information content (AvgIpc) is 2.75. The van der Waals surface area contributed by atoms with E-state index in [0.717, 1.165) is 0 Å². The molecule has 1 heterocycles. The van der Waals surface area contributed by atoms with Crippen LogP contribution in [0.1, 0.15) is 10.4 Å². The lowest BCUT2D eigenvalue weighted by Gasteiger charge is -2.08. The van der Waals surface area contributed by atoms with E-state index >= 15 is 0 Å². The summed E-state index contributed by atoms with van der Waals surface area (Å²) in [5.41, 5.74) is 0.708. The molecule has 0 bridgehead atoms. The molecule has 0 atom stereocenters. The van der Waals surface area contributed by atoms with Crippen molar-refractivity contribution in [2.45, 2.75) is 4.90 Å². The molecule has 0 unspecified atom stereocenters. The van der Waals surface area contributed by atoms with Gasteiger partial charge in [0.15, 0.2) is 0 Å². The second-order valence-electron chi connectivity index (χ2n) is 6.06. The number of nitrogens with one attached hydrogen (secondary N) is 2. The normalized spacial score (nSPS) is 11.0. The summed E-state index contributed by atoms with van der Waals surface area (Å²) in [4.78, 5) is 16.5. The molecule has 0 radical (unpaired) electrons. The lowest BCUT2D eigenvalue weighted by molar-refractivity contribution is 0.102. The van der Waals surface area contributed by atoms with Gasteiger partial charge < -0.3 is 10.1 Å². The van der Waals surface area contributed by atoms with Gasteiger partial charge in [-0.25, -0.2) is 22.5 Å². The van der Waals surface area contributed by atoms with Crippen LogP contribution in [0.3, 0.4) is 0 Å². The van der Waals surface area contributed by atoms with Gasteiger partial charge in [-0.2, -0.15) is 0 Å². The largest absolute Gasteiger partial charge is 0.439 e. The monoisotopic (exact) mass is 427 g/mol. The zero-order valence-corrected chi connectivity index (χ0v) is 16.5. The number of hydrogen-bond acceptors (Lipinski definition) is 5. The van der Waals surface area contributed by atoms with Crippen molar-refractivity contribution in [3.8, 4) is 11.6 Å². The average molecular weight is 427 g/mol. The minimum atomic E-state index is -3.65. The van der Waals surface area contributed by atoms with Crippen molar-refractivity contribution >= 4 is 21.6 Å². The number of pyridine rings is 1. The van der Waals surface area contributed by atoms with Crippen molar-refractivity contribution < 1.29 is 22.3 Å². The number of halogens is 1. The summed E-state index contributed by atoms with van der Waals surface area (Å²) < 4.78 is 44.9. The molecule has 9 heteroatoms. The van der Waals surface area contributed by atoms with Crippen molar-refractivity contribution in [1.29, 1.82) is 0 Å². The van der Waals surface area contributed by atoms with E-state index in [1.165, 1.54) is 60.8 Å². The van der Waals surface area contributed by atoms with E-state index in [9.17, 15) is 17.6 Å². The summed E-state index contributed by atoms with van der Waals surface area (Å²) in [5.74, 6) is -0.0847. The first-order chi connectivity index (χ1) is 14.4. The SMILES string of the molecule is C=CCNS(=O)(=O)c1ccc(C(=O)Nc2ccc(Oc3ccc(F)cc3)nc2)cc1. The van der Waals surface area contributed by atoms with E-state index in [1.807, 2.05) is 0 Å². The van der Waals surface area contributed by atoms with E-state index in [2.05, 4.69) is 21.6 Å². The molecule has 0 saturated carbocycles. The van der Waals surface area contributed by atoms with Gasteiger partial charge in [0, 0.05) is 18.2 Å². The number of anilines is 1. The first-order valence-corrected chi connectivity index (χ1v) is 10.3. The van der Waals surface area contributed by atoms with Crippen LogP contribution in [0.5, 0.6) is 11.6 Å². The van der Waals surface area contributed by atoms with E-state index < -0.39 is 15.9 Å². The number of amides is 1. The number of benzene rings is 2. The van der Waals surface area contributed by atoms with Crippen LogP contribution in [-0.4, -0.2) is 25.9 Å². The first kappa shape index (κ1) is 21.2. The number of sulfonamides is 1. The maximum Gasteiger partial charge on any atom is 0.255 e. The first-order valence-electron chi connectivity index (χ1n) is 8.79. The molecule has 1 amide bonds. The number of nitrogens with zero attached hydrogens (tertiary/aromatic N) is 1. The van der Waals surface area contributed by atoms with Crippen molar-refractivity contribution in [2.75, 3.05) is 11.9 Å². The van der Waals surface area contributed by atoms with Gasteiger partial charge in [0.2, 0.25) is 15.9 Å². The number of ether oxygens (including phenoxy) is 1. The quantitative estimate of drug-likeness (QED) is 0.534. The highest BCUT2D eigenvalue weighted by atomic mass is 32.2. The standard InChI is InChI=1S/C21H18FN3O4S/c1-2-13-24-30(27,28)19-10-3-15(4-11-19)21(26)25-17-7-12-20(23-14-17)29-18-8-5-16(22)6-9-18/h2-12,14,24H,1,13H2,(H,25,26). The molecule has 0 aliphatic rings. The van der Waals surface area contributed by atoms with Crippen LogP contribution >= 0.6 is 0 Å². The highest BCUT2D eigenvalue weighted by Gasteiger charge is 2.14. The smallest absolute Gasteiger partial charge is 0.255 e. The van der Waals surface area contributed by atoms with E-state index in [1.54, 1.807) is 12.1 Å². The molecule has 1 aromatic heterocycles. The fourth-order valence-electron chi connectivity index (χ4n) is 2.38. The fourth-order valence-corrected chi connectivity index (χ4v) is 3.38. The summed E-state index contributed by atoms with van der Waals surface area (Å²) >= 11 is 0. The van der Waals surface area contributed by atoms with Crippen LogP contribution in [0.15, 0.2) is 84.4 Å². The Labute approximate surface area is 173 Å². The second-order valence-corrected chi connectivity index (χ2v) is 7.83. The van der Waals surface area contributed by atoms with Crippen molar-refractivity contribution in [2.24, 2.45) is 0 Å². The van der Waals surface area contributed by atoms with Gasteiger partial charge in [-0.15, -0.1) is 6.58 Å². The molecule has 0 spiro atoms. The summed E-state index contributed by atoms with van der Waals surface area (Å²) in [6, 6.07) is 14.2. The number of hydrogen-bond donors (Lipinski definition) is 2. The lowest BCUT2D eigenvalue weighted by Crippen LogP contribution is -2.23. The van der Waals surface area contributed by atoms with Gasteiger partial charge in [-0.05, 0) is 54.6 Å². The lowest BCUT2D eigenvalue weighted by atomic mass is 10.2. The van der Waals surface area contributed by atoms with Gasteiger partial charge in [-0.1, -0.05) is 6.08 Å². The predicted molar refractivity (Wildman–Crippen MR) is 110 cm³/mol. The minimum Gasteiger partial charge on any atom is -0.439 e. The molecule has 0 aliphatic carbocycles. The molecule has 30 heavy (non-hydrogen) atoms. The molecule has 2 aromatic carbocycles. The van der Waals surface area contributed by atoms with Gasteiger partial charge in [0.25, 0.3) is 5.91 Å². The molecule has 2 N–H and O–H groups in total. The minimum absolute atomic E-state index is 0.0462. The molecule has 3 aromatic rings. The molecule has 0 aliphatic heterocycles. The molecule has 3 rings (SSSR count). The van der Waals surface area contributed by atoms with Crippen LogP contribution in [0.4, 0.5) is 10.1 Å². The Bertz CT molecular complexity index is 1130. The molecule has 154 valence electrons. The highest BCUT2D eigenvalue weighted by molar-refractivity contribution is 7.89. The Hall–Kier alpha value is -3.56. The Morgan fingerprint density at radius 3 is 2.37 bits per heavy atom. The molecule has 7 nitrogen and oxygen atoms in total. The number of rotatable bonds is 8.